The molecule has 2 aromatic rings. The highest BCUT2D eigenvalue weighted by molar-refractivity contribution is 7.14. The Balaban J connectivity index is 2.06. The molecule has 2 rings (SSSR count). The lowest BCUT2D eigenvalue weighted by Crippen LogP contribution is -2.25. The van der Waals surface area contributed by atoms with Gasteiger partial charge in [-0.15, -0.1) is 11.3 Å². The summed E-state index contributed by atoms with van der Waals surface area (Å²) in [5.74, 6) is -0.155. The van der Waals surface area contributed by atoms with Gasteiger partial charge in [-0.05, 0) is 36.8 Å². The molecule has 0 aliphatic carbocycles. The first kappa shape index (κ1) is 21.6. The quantitative estimate of drug-likeness (QED) is 0.683. The zero-order valence-electron chi connectivity index (χ0n) is 15.8. The van der Waals surface area contributed by atoms with Crippen LogP contribution in [0.2, 0.25) is 0 Å². The second kappa shape index (κ2) is 10.0. The molecule has 0 fully saturated rings. The Morgan fingerprint density at radius 2 is 1.96 bits per heavy atom. The lowest BCUT2D eigenvalue weighted by molar-refractivity contribution is -0.119. The van der Waals surface area contributed by atoms with Crippen molar-refractivity contribution in [2.75, 3.05) is 13.7 Å². The smallest absolute Gasteiger partial charge is 0.387 e. The average Bonchev–Trinajstić information content (AvgIpc) is 3.10. The van der Waals surface area contributed by atoms with E-state index in [4.69, 9.17) is 4.74 Å². The lowest BCUT2D eigenvalue weighted by Gasteiger charge is -2.18. The summed E-state index contributed by atoms with van der Waals surface area (Å²) in [4.78, 5) is 26.5. The molecule has 0 saturated carbocycles. The van der Waals surface area contributed by atoms with Crippen LogP contribution in [0.15, 0.2) is 30.3 Å². The molecule has 0 radical (unpaired) electrons. The monoisotopic (exact) mass is 412 g/mol. The molecule has 1 aromatic carbocycles. The molecule has 1 aromatic heterocycles. The van der Waals surface area contributed by atoms with E-state index < -0.39 is 6.61 Å². The molecule has 0 unspecified atom stereocenters. The molecule has 0 bridgehead atoms. The summed E-state index contributed by atoms with van der Waals surface area (Å²) in [6.07, 6.45) is 0. The molecule has 1 heterocycles. The van der Waals surface area contributed by atoms with Crippen molar-refractivity contribution in [3.8, 4) is 11.5 Å². The molecule has 0 spiro atoms. The molecule has 152 valence electrons. The van der Waals surface area contributed by atoms with E-state index in [0.29, 0.717) is 18.0 Å². The van der Waals surface area contributed by atoms with E-state index >= 15 is 0 Å². The highest BCUT2D eigenvalue weighted by atomic mass is 32.1. The molecule has 0 atom stereocenters. The number of amides is 2. The van der Waals surface area contributed by atoms with Gasteiger partial charge in [0.05, 0.1) is 18.0 Å². The van der Waals surface area contributed by atoms with Crippen LogP contribution >= 0.6 is 11.3 Å². The molecule has 6 nitrogen and oxygen atoms in total. The molecular formula is C19H22F2N2O4S. The van der Waals surface area contributed by atoms with Gasteiger partial charge in [-0.25, -0.2) is 0 Å². The van der Waals surface area contributed by atoms with Crippen molar-refractivity contribution in [3.05, 3.63) is 45.6 Å². The Morgan fingerprint density at radius 1 is 1.21 bits per heavy atom. The van der Waals surface area contributed by atoms with Gasteiger partial charge in [-0.2, -0.15) is 8.78 Å². The highest BCUT2D eigenvalue weighted by Gasteiger charge is 2.17. The first-order valence-electron chi connectivity index (χ1n) is 8.59. The third kappa shape index (κ3) is 6.19. The molecule has 0 saturated heterocycles. The van der Waals surface area contributed by atoms with E-state index in [0.717, 1.165) is 10.4 Å². The van der Waals surface area contributed by atoms with Gasteiger partial charge in [-0.1, -0.05) is 6.07 Å². The van der Waals surface area contributed by atoms with Gasteiger partial charge in [0.15, 0.2) is 11.5 Å². The van der Waals surface area contributed by atoms with Crippen molar-refractivity contribution in [3.63, 3.8) is 0 Å². The summed E-state index contributed by atoms with van der Waals surface area (Å²) in [7, 11) is 1.65. The number of hydrogen-bond donors (Lipinski definition) is 1. The van der Waals surface area contributed by atoms with E-state index in [2.05, 4.69) is 10.1 Å². The SMILES string of the molecule is CCOc1cc(CN(C)C(=O)c2ccc(CNC(C)=O)s2)ccc1OC(F)F. The van der Waals surface area contributed by atoms with Crippen molar-refractivity contribution in [2.45, 2.75) is 33.5 Å². The predicted molar refractivity (Wildman–Crippen MR) is 102 cm³/mol. The maximum Gasteiger partial charge on any atom is 0.387 e. The van der Waals surface area contributed by atoms with E-state index in [1.165, 1.54) is 29.2 Å². The van der Waals surface area contributed by atoms with Crippen LogP contribution in [0.5, 0.6) is 11.5 Å². The second-order valence-electron chi connectivity index (χ2n) is 5.93. The van der Waals surface area contributed by atoms with E-state index in [-0.39, 0.29) is 29.9 Å². The normalized spacial score (nSPS) is 10.6. The van der Waals surface area contributed by atoms with Crippen LogP contribution < -0.4 is 14.8 Å². The number of carbonyl (C=O) groups is 2. The van der Waals surface area contributed by atoms with Crippen molar-refractivity contribution in [2.24, 2.45) is 0 Å². The van der Waals surface area contributed by atoms with Gasteiger partial charge < -0.3 is 19.7 Å². The van der Waals surface area contributed by atoms with Crippen molar-refractivity contribution in [1.82, 2.24) is 10.2 Å². The van der Waals surface area contributed by atoms with E-state index in [9.17, 15) is 18.4 Å². The Bertz CT molecular complexity index is 826. The molecule has 1 N–H and O–H groups in total. The summed E-state index contributed by atoms with van der Waals surface area (Å²) in [5.41, 5.74) is 0.718. The topological polar surface area (TPSA) is 67.9 Å². The maximum absolute atomic E-state index is 12.6. The van der Waals surface area contributed by atoms with Crippen LogP contribution in [0.1, 0.15) is 34.0 Å². The van der Waals surface area contributed by atoms with Crippen molar-refractivity contribution >= 4 is 23.2 Å². The Kier molecular flexibility index (Phi) is 7.74. The van der Waals surface area contributed by atoms with Gasteiger partial charge in [0.2, 0.25) is 5.91 Å². The third-order valence-electron chi connectivity index (χ3n) is 3.67. The summed E-state index contributed by atoms with van der Waals surface area (Å²) in [5, 5.41) is 2.69. The molecule has 28 heavy (non-hydrogen) atoms. The fourth-order valence-electron chi connectivity index (χ4n) is 2.45. The van der Waals surface area contributed by atoms with E-state index in [1.54, 1.807) is 38.2 Å². The number of rotatable bonds is 9. The third-order valence-corrected chi connectivity index (χ3v) is 4.75. The van der Waals surface area contributed by atoms with Gasteiger partial charge in [0.1, 0.15) is 0 Å². The average molecular weight is 412 g/mol. The standard InChI is InChI=1S/C19H22F2N2O4S/c1-4-26-16-9-13(5-7-15(16)27-19(20)21)11-23(3)18(25)17-8-6-14(28-17)10-22-12(2)24/h5-9,19H,4,10-11H2,1-3H3,(H,22,24). The number of hydrogen-bond acceptors (Lipinski definition) is 5. The van der Waals surface area contributed by atoms with Crippen LogP contribution in [-0.4, -0.2) is 37.0 Å². The number of benzene rings is 1. The number of ether oxygens (including phenoxy) is 2. The fraction of sp³-hybridized carbons (Fsp3) is 0.368. The first-order chi connectivity index (χ1) is 13.3. The summed E-state index contributed by atoms with van der Waals surface area (Å²) in [6, 6.07) is 8.11. The minimum absolute atomic E-state index is 0.0459. The number of halogens is 2. The minimum atomic E-state index is -2.94. The number of carbonyl (C=O) groups excluding carboxylic acids is 2. The Labute approximate surface area is 166 Å². The second-order valence-corrected chi connectivity index (χ2v) is 7.10. The van der Waals surface area contributed by atoms with E-state index in [1.807, 2.05) is 0 Å². The van der Waals surface area contributed by atoms with Gasteiger partial charge in [-0.3, -0.25) is 9.59 Å². The molecular weight excluding hydrogens is 390 g/mol. The molecule has 0 aliphatic rings. The van der Waals surface area contributed by atoms with Crippen LogP contribution in [-0.2, 0) is 17.9 Å². The largest absolute Gasteiger partial charge is 0.490 e. The fourth-order valence-corrected chi connectivity index (χ4v) is 3.39. The molecule has 2 amide bonds. The highest BCUT2D eigenvalue weighted by Crippen LogP contribution is 2.30. The van der Waals surface area contributed by atoms with Crippen molar-refractivity contribution < 1.29 is 27.8 Å². The van der Waals surface area contributed by atoms with Crippen molar-refractivity contribution in [1.29, 1.82) is 0 Å². The zero-order chi connectivity index (χ0) is 20.7. The Morgan fingerprint density at radius 3 is 2.61 bits per heavy atom. The number of thiophene rings is 1. The summed E-state index contributed by atoms with van der Waals surface area (Å²) in [6.45, 7) is 1.17. The van der Waals surface area contributed by atoms with Gasteiger partial charge in [0, 0.05) is 25.4 Å². The van der Waals surface area contributed by atoms with Crippen LogP contribution in [0.3, 0.4) is 0 Å². The lowest BCUT2D eigenvalue weighted by atomic mass is 10.2. The predicted octanol–water partition coefficient (Wildman–Crippen LogP) is 3.66. The van der Waals surface area contributed by atoms with Crippen LogP contribution in [0.4, 0.5) is 8.78 Å². The zero-order valence-corrected chi connectivity index (χ0v) is 16.6. The van der Waals surface area contributed by atoms with Gasteiger partial charge >= 0.3 is 6.61 Å². The Hall–Kier alpha value is -2.68. The maximum atomic E-state index is 12.6. The molecule has 0 aliphatic heterocycles. The first-order valence-corrected chi connectivity index (χ1v) is 9.41. The number of alkyl halides is 2. The van der Waals surface area contributed by atoms with Crippen LogP contribution in [0.25, 0.3) is 0 Å². The van der Waals surface area contributed by atoms with Crippen LogP contribution in [0, 0.1) is 0 Å². The summed E-state index contributed by atoms with van der Waals surface area (Å²) >= 11 is 1.31. The minimum Gasteiger partial charge on any atom is -0.490 e. The molecule has 9 heteroatoms. The summed E-state index contributed by atoms with van der Waals surface area (Å²) < 4.78 is 34.8. The number of nitrogens with one attached hydrogen (secondary N) is 1. The number of nitrogens with zero attached hydrogens (tertiary/aromatic N) is 1. The van der Waals surface area contributed by atoms with Gasteiger partial charge in [0.25, 0.3) is 5.91 Å².